The van der Waals surface area contributed by atoms with E-state index in [9.17, 15) is 0 Å². The van der Waals surface area contributed by atoms with Crippen molar-refractivity contribution in [3.05, 3.63) is 0 Å². The van der Waals surface area contributed by atoms with Crippen LogP contribution < -0.4 is 0 Å². The Morgan fingerprint density at radius 2 is 0.385 bits per heavy atom. The van der Waals surface area contributed by atoms with Gasteiger partial charge in [0, 0.05) is 4.28 Å². The Morgan fingerprint density at radius 1 is 0.385 bits per heavy atom. The lowest BCUT2D eigenvalue weighted by Crippen LogP contribution is -0.856. The van der Waals surface area contributed by atoms with E-state index >= 15 is 0 Å². The van der Waals surface area contributed by atoms with E-state index in [1.165, 1.54) is 0 Å². The summed E-state index contributed by atoms with van der Waals surface area (Å²) in [6.45, 7) is 4.00. The monoisotopic (exact) mass is 230 g/mol. The third-order valence-electron chi connectivity index (χ3n) is 0. The van der Waals surface area contributed by atoms with Gasteiger partial charge in [0.15, 0.2) is 0 Å². The third-order valence-corrected chi connectivity index (χ3v) is 0. The molecule has 18 N–H and O–H groups in total. The Kier molecular flexibility index (Phi) is 3270000. The van der Waals surface area contributed by atoms with Crippen LogP contribution in [0.4, 0.5) is 0 Å². The van der Waals surface area contributed by atoms with Gasteiger partial charge in [-0.3, -0.25) is 0 Å². The first-order chi connectivity index (χ1) is 1.00. The molecule has 0 fully saturated rings. The fourth-order valence-electron chi connectivity index (χ4n) is 0. The Balaban J connectivity index is -0.0000000000549. The van der Waals surface area contributed by atoms with Gasteiger partial charge in [-0.25, -0.2) is 0 Å². The fraction of sp³-hybridized carbons (Fsp3) is 1.00. The Hall–Kier alpha value is -0.360. The van der Waals surface area contributed by atoms with Crippen LogP contribution in [0.3, 0.4) is 0 Å². The van der Waals surface area contributed by atoms with Gasteiger partial charge in [0.25, 0.3) is 0 Å². The molecule has 13 heavy (non-hydrogen) atoms. The van der Waals surface area contributed by atoms with E-state index in [2.05, 4.69) is 0 Å². The SMILES string of the molecule is C.C.CC.O.O.O.O.O.O.O.O.O.[HH].[HH].[HH]. The normalized spacial score (nSPS) is 0.462. The standard InChI is InChI=1S/C2H6.2CH4.9H2O.3H2/c1-2;;;;;;;;;;;;;;/h1-2H3;2*1H4;9*1H2;3*1H. The highest BCUT2D eigenvalue weighted by molar-refractivity contribution is 3.50. The topological polar surface area (TPSA) is 284 Å². The average Bonchev–Trinajstić information content (AvgIpc) is 1.00. The van der Waals surface area contributed by atoms with Crippen molar-refractivity contribution in [2.24, 2.45) is 0 Å². The van der Waals surface area contributed by atoms with Crippen LogP contribution in [0.25, 0.3) is 0 Å². The highest BCUT2D eigenvalue weighted by atomic mass is 16.0. The van der Waals surface area contributed by atoms with E-state index in [1.807, 2.05) is 13.8 Å². The first-order valence-corrected chi connectivity index (χ1v) is 1.00. The molecule has 0 aliphatic carbocycles. The van der Waals surface area contributed by atoms with E-state index in [0.29, 0.717) is 0 Å². The Morgan fingerprint density at radius 3 is 0.385 bits per heavy atom. The molecule has 0 atom stereocenters. The number of hydrogen-bond acceptors (Lipinski definition) is 0. The van der Waals surface area contributed by atoms with Crippen molar-refractivity contribution in [2.75, 3.05) is 0 Å². The minimum atomic E-state index is 0. The Labute approximate surface area is 83.6 Å². The first kappa shape index (κ1) is 4180. The maximum Gasteiger partial charge on any atom is 0 e. The largest absolute Gasteiger partial charge is 0.412 e. The summed E-state index contributed by atoms with van der Waals surface area (Å²) in [5.74, 6) is 0. The smallest absolute Gasteiger partial charge is 0 e. The zero-order valence-corrected chi connectivity index (χ0v) is 6.50. The van der Waals surface area contributed by atoms with Gasteiger partial charge in [-0.15, -0.1) is 0 Å². The van der Waals surface area contributed by atoms with Crippen molar-refractivity contribution in [3.8, 4) is 0 Å². The van der Waals surface area contributed by atoms with E-state index in [4.69, 9.17) is 0 Å². The molecule has 9 nitrogen and oxygen atoms in total. The van der Waals surface area contributed by atoms with Gasteiger partial charge in [-0.2, -0.15) is 0 Å². The molecule has 9 heteroatoms. The first-order valence-electron chi connectivity index (χ1n) is 1.00. The van der Waals surface area contributed by atoms with Crippen LogP contribution in [0.1, 0.15) is 33.0 Å². The summed E-state index contributed by atoms with van der Waals surface area (Å²) >= 11 is 0. The molecule has 0 radical (unpaired) electrons. The molecule has 108 valence electrons. The van der Waals surface area contributed by atoms with Crippen molar-refractivity contribution < 1.29 is 53.6 Å². The van der Waals surface area contributed by atoms with Crippen molar-refractivity contribution in [1.82, 2.24) is 0 Å². The molecule has 0 aliphatic rings. The molecule has 0 amide bonds. The quantitative estimate of drug-likeness (QED) is 0.380. The summed E-state index contributed by atoms with van der Waals surface area (Å²) in [5, 5.41) is 0. The minimum absolute atomic E-state index is 0. The molecular formula is C4H38O9. The van der Waals surface area contributed by atoms with E-state index in [-0.39, 0.29) is 68.4 Å². The van der Waals surface area contributed by atoms with Crippen molar-refractivity contribution >= 4 is 0 Å². The molecule has 0 bridgehead atoms. The molecule has 0 spiro atoms. The zero-order valence-electron chi connectivity index (χ0n) is 6.50. The second-order valence-corrected chi connectivity index (χ2v) is 0. The van der Waals surface area contributed by atoms with Crippen molar-refractivity contribution in [2.45, 2.75) is 28.7 Å². The van der Waals surface area contributed by atoms with E-state index < -0.39 is 0 Å². The van der Waals surface area contributed by atoms with Gasteiger partial charge in [0.05, 0.1) is 0 Å². The number of rotatable bonds is 0. The lowest BCUT2D eigenvalue weighted by molar-refractivity contribution is 0.823. The van der Waals surface area contributed by atoms with E-state index in [0.717, 1.165) is 0 Å². The van der Waals surface area contributed by atoms with Crippen molar-refractivity contribution in [3.63, 3.8) is 0 Å². The predicted octanol–water partition coefficient (Wildman–Crippen LogP) is -4.39. The highest BCUT2D eigenvalue weighted by Crippen LogP contribution is 1.14. The minimum Gasteiger partial charge on any atom is -0.412 e. The van der Waals surface area contributed by atoms with Crippen LogP contribution in [-0.2, 0) is 0 Å². The molecule has 0 heterocycles. The molecule has 0 aromatic rings. The molecule has 0 saturated heterocycles. The molecule has 0 aliphatic heterocycles. The van der Waals surface area contributed by atoms with Crippen LogP contribution in [-0.4, -0.2) is 49.3 Å². The van der Waals surface area contributed by atoms with Gasteiger partial charge < -0.3 is 49.3 Å². The summed E-state index contributed by atoms with van der Waals surface area (Å²) < 4.78 is 0. The van der Waals surface area contributed by atoms with Crippen molar-refractivity contribution in [1.29, 1.82) is 0 Å². The molecule has 0 saturated carbocycles. The summed E-state index contributed by atoms with van der Waals surface area (Å²) in [4.78, 5) is 0. The maximum absolute atomic E-state index is 2.00. The van der Waals surface area contributed by atoms with Gasteiger partial charge in [0.2, 0.25) is 0 Å². The summed E-state index contributed by atoms with van der Waals surface area (Å²) in [7, 11) is 0. The highest BCUT2D eigenvalue weighted by Gasteiger charge is 0.932. The van der Waals surface area contributed by atoms with Crippen LogP contribution in [0, 0.1) is 0 Å². The molecular weight excluding hydrogens is 192 g/mol. The summed E-state index contributed by atoms with van der Waals surface area (Å²) in [6.07, 6.45) is 0. The van der Waals surface area contributed by atoms with Crippen LogP contribution in [0.15, 0.2) is 0 Å². The predicted molar refractivity (Wildman–Crippen MR) is 63.7 cm³/mol. The molecule has 0 unspecified atom stereocenters. The van der Waals surface area contributed by atoms with Gasteiger partial charge in [-0.1, -0.05) is 28.7 Å². The van der Waals surface area contributed by atoms with Crippen LogP contribution >= 0.6 is 0 Å². The average molecular weight is 230 g/mol. The fourth-order valence-corrected chi connectivity index (χ4v) is 0. The van der Waals surface area contributed by atoms with E-state index in [1.54, 1.807) is 0 Å². The van der Waals surface area contributed by atoms with Gasteiger partial charge >= 0.3 is 0 Å². The lowest BCUT2D eigenvalue weighted by atomic mass is 11.0. The summed E-state index contributed by atoms with van der Waals surface area (Å²) in [6, 6.07) is 0. The molecule has 0 rings (SSSR count). The van der Waals surface area contributed by atoms with Crippen LogP contribution in [0.5, 0.6) is 0 Å². The van der Waals surface area contributed by atoms with Crippen LogP contribution in [0.2, 0.25) is 0 Å². The zero-order chi connectivity index (χ0) is 2.00. The van der Waals surface area contributed by atoms with Gasteiger partial charge in [0.1, 0.15) is 0 Å². The number of hydrogen-bond donors (Lipinski definition) is 0. The summed E-state index contributed by atoms with van der Waals surface area (Å²) in [5.41, 5.74) is 0. The second kappa shape index (κ2) is 10200. The molecule has 0 aromatic heterocycles. The molecule has 0 aromatic carbocycles. The van der Waals surface area contributed by atoms with Gasteiger partial charge in [-0.05, 0) is 0 Å². The Bertz CT molecular complexity index is 22.7. The lowest BCUT2D eigenvalue weighted by Gasteiger charge is -1.07. The maximum atomic E-state index is 2.00. The second-order valence-electron chi connectivity index (χ2n) is 0. The third kappa shape index (κ3) is 8350.